The maximum Gasteiger partial charge on any atom is 0.268 e. The van der Waals surface area contributed by atoms with E-state index in [0.717, 1.165) is 11.3 Å². The summed E-state index contributed by atoms with van der Waals surface area (Å²) < 4.78 is 5.26. The topological polar surface area (TPSA) is 126 Å². The summed E-state index contributed by atoms with van der Waals surface area (Å²) >= 11 is 1.10. The van der Waals surface area contributed by atoms with E-state index in [1.165, 1.54) is 5.38 Å². The molecule has 1 aliphatic rings. The number of carbonyl (C=O) groups excluding carboxylic acids is 1. The molecule has 94 valence electrons. The van der Waals surface area contributed by atoms with E-state index in [2.05, 4.69) is 4.98 Å². The zero-order chi connectivity index (χ0) is 12.6. The van der Waals surface area contributed by atoms with Crippen LogP contribution < -0.4 is 5.73 Å². The van der Waals surface area contributed by atoms with Crippen LogP contribution in [0.3, 0.4) is 0 Å². The van der Waals surface area contributed by atoms with Crippen molar-refractivity contribution in [3.8, 4) is 0 Å². The van der Waals surface area contributed by atoms with Crippen molar-refractivity contribution in [2.45, 2.75) is 24.4 Å². The molecule has 0 aliphatic carbocycles. The van der Waals surface area contributed by atoms with Gasteiger partial charge >= 0.3 is 0 Å². The molecule has 2 rings (SSSR count). The Morgan fingerprint density at radius 2 is 2.24 bits per heavy atom. The van der Waals surface area contributed by atoms with Gasteiger partial charge in [-0.25, -0.2) is 4.98 Å². The van der Waals surface area contributed by atoms with Crippen LogP contribution in [-0.2, 0) is 4.74 Å². The van der Waals surface area contributed by atoms with Crippen molar-refractivity contribution >= 4 is 17.2 Å². The first kappa shape index (κ1) is 12.4. The molecule has 0 aromatic carbocycles. The van der Waals surface area contributed by atoms with Crippen LogP contribution in [-0.4, -0.2) is 51.1 Å². The number of thiazole rings is 1. The number of aliphatic hydroxyl groups excluding tert-OH is 3. The second-order valence-corrected chi connectivity index (χ2v) is 4.58. The highest BCUT2D eigenvalue weighted by atomic mass is 32.1. The minimum atomic E-state index is -1.18. The third kappa shape index (κ3) is 2.17. The molecule has 0 unspecified atom stereocenters. The van der Waals surface area contributed by atoms with E-state index in [0.29, 0.717) is 5.01 Å². The molecule has 1 aromatic rings. The van der Waals surface area contributed by atoms with E-state index in [4.69, 9.17) is 15.6 Å². The highest BCUT2D eigenvalue weighted by Crippen LogP contribution is 2.34. The van der Waals surface area contributed by atoms with Gasteiger partial charge in [0, 0.05) is 5.38 Å². The van der Waals surface area contributed by atoms with E-state index >= 15 is 0 Å². The summed E-state index contributed by atoms with van der Waals surface area (Å²) in [4.78, 5) is 14.8. The third-order valence-electron chi connectivity index (χ3n) is 2.56. The Kier molecular flexibility index (Phi) is 3.40. The Hall–Kier alpha value is -1.06. The molecule has 0 spiro atoms. The molecule has 1 saturated heterocycles. The third-order valence-corrected chi connectivity index (χ3v) is 3.47. The maximum atomic E-state index is 10.9. The molecule has 1 fully saturated rings. The fourth-order valence-electron chi connectivity index (χ4n) is 1.64. The van der Waals surface area contributed by atoms with Gasteiger partial charge in [0.25, 0.3) is 5.91 Å². The van der Waals surface area contributed by atoms with Gasteiger partial charge in [-0.2, -0.15) is 0 Å². The zero-order valence-electron chi connectivity index (χ0n) is 8.68. The Labute approximate surface area is 100 Å². The van der Waals surface area contributed by atoms with Crippen LogP contribution in [0.4, 0.5) is 0 Å². The van der Waals surface area contributed by atoms with E-state index in [1.54, 1.807) is 0 Å². The predicted octanol–water partition coefficient (Wildman–Crippen LogP) is -1.60. The van der Waals surface area contributed by atoms with Gasteiger partial charge in [-0.15, -0.1) is 11.3 Å². The smallest absolute Gasteiger partial charge is 0.268 e. The first-order chi connectivity index (χ1) is 8.04. The number of rotatable bonds is 3. The fourth-order valence-corrected chi connectivity index (χ4v) is 2.52. The van der Waals surface area contributed by atoms with Gasteiger partial charge < -0.3 is 25.8 Å². The first-order valence-electron chi connectivity index (χ1n) is 4.92. The van der Waals surface area contributed by atoms with Crippen molar-refractivity contribution in [2.24, 2.45) is 5.73 Å². The first-order valence-corrected chi connectivity index (χ1v) is 5.80. The number of aliphatic hydroxyl groups is 3. The number of carbonyl (C=O) groups is 1. The number of aromatic nitrogens is 1. The standard InChI is InChI=1S/C9H12N2O5S/c10-8(15)3-2-17-9(11-3)7-6(14)5(13)4(1-12)16-7/h2,4-7,12-14H,1H2,(H2,10,15)/t4-,5+,6+,7+/m0/s1. The average molecular weight is 260 g/mol. The summed E-state index contributed by atoms with van der Waals surface area (Å²) in [7, 11) is 0. The number of amides is 1. The van der Waals surface area contributed by atoms with Gasteiger partial charge in [0.05, 0.1) is 6.61 Å². The van der Waals surface area contributed by atoms with Gasteiger partial charge in [0.2, 0.25) is 0 Å². The molecular weight excluding hydrogens is 248 g/mol. The molecule has 7 nitrogen and oxygen atoms in total. The Morgan fingerprint density at radius 3 is 2.71 bits per heavy atom. The molecule has 1 aromatic heterocycles. The molecule has 1 amide bonds. The van der Waals surface area contributed by atoms with E-state index in [-0.39, 0.29) is 5.69 Å². The predicted molar refractivity (Wildman–Crippen MR) is 57.3 cm³/mol. The van der Waals surface area contributed by atoms with Crippen LogP contribution in [0.2, 0.25) is 0 Å². The van der Waals surface area contributed by atoms with Crippen molar-refractivity contribution in [2.75, 3.05) is 6.61 Å². The quantitative estimate of drug-likeness (QED) is 0.518. The number of primary amides is 1. The molecule has 17 heavy (non-hydrogen) atoms. The van der Waals surface area contributed by atoms with Gasteiger partial charge in [0.15, 0.2) is 0 Å². The van der Waals surface area contributed by atoms with Gasteiger partial charge in [-0.1, -0.05) is 0 Å². The summed E-state index contributed by atoms with van der Waals surface area (Å²) in [5.74, 6) is -0.667. The Balaban J connectivity index is 2.19. The molecule has 8 heteroatoms. The molecule has 0 saturated carbocycles. The second-order valence-electron chi connectivity index (χ2n) is 3.69. The summed E-state index contributed by atoms with van der Waals surface area (Å²) in [5.41, 5.74) is 5.14. The molecule has 5 N–H and O–H groups in total. The fraction of sp³-hybridized carbons (Fsp3) is 0.556. The number of nitrogens with zero attached hydrogens (tertiary/aromatic N) is 1. The van der Waals surface area contributed by atoms with Crippen LogP contribution in [0.5, 0.6) is 0 Å². The Bertz CT molecular complexity index is 423. The van der Waals surface area contributed by atoms with E-state index < -0.39 is 36.9 Å². The van der Waals surface area contributed by atoms with Crippen LogP contribution in [0.25, 0.3) is 0 Å². The lowest BCUT2D eigenvalue weighted by Crippen LogP contribution is -2.32. The summed E-state index contributed by atoms with van der Waals surface area (Å²) in [6, 6.07) is 0. The van der Waals surface area contributed by atoms with Crippen LogP contribution in [0, 0.1) is 0 Å². The minimum absolute atomic E-state index is 0.0859. The van der Waals surface area contributed by atoms with Gasteiger partial charge in [0.1, 0.15) is 35.1 Å². The van der Waals surface area contributed by atoms with Crippen LogP contribution >= 0.6 is 11.3 Å². The molecule has 1 aliphatic heterocycles. The lowest BCUT2D eigenvalue weighted by molar-refractivity contribution is -0.0228. The van der Waals surface area contributed by atoms with Crippen molar-refractivity contribution in [1.82, 2.24) is 4.98 Å². The van der Waals surface area contributed by atoms with Crippen LogP contribution in [0.15, 0.2) is 5.38 Å². The number of hydrogen-bond acceptors (Lipinski definition) is 7. The second kappa shape index (κ2) is 4.67. The van der Waals surface area contributed by atoms with Gasteiger partial charge in [-0.3, -0.25) is 4.79 Å². The normalized spacial score (nSPS) is 32.9. The molecule has 2 heterocycles. The zero-order valence-corrected chi connectivity index (χ0v) is 9.50. The molecule has 0 bridgehead atoms. The monoisotopic (exact) mass is 260 g/mol. The Morgan fingerprint density at radius 1 is 1.53 bits per heavy atom. The van der Waals surface area contributed by atoms with Crippen molar-refractivity contribution in [3.63, 3.8) is 0 Å². The van der Waals surface area contributed by atoms with Crippen molar-refractivity contribution in [1.29, 1.82) is 0 Å². The number of nitrogens with two attached hydrogens (primary N) is 1. The molecule has 4 atom stereocenters. The van der Waals surface area contributed by atoms with Gasteiger partial charge in [-0.05, 0) is 0 Å². The summed E-state index contributed by atoms with van der Waals surface area (Å²) in [5, 5.41) is 30.0. The SMILES string of the molecule is NC(=O)c1csc([C@@H]2O[C@@H](CO)[C@@H](O)[C@H]2O)n1. The highest BCUT2D eigenvalue weighted by molar-refractivity contribution is 7.09. The lowest BCUT2D eigenvalue weighted by atomic mass is 10.1. The summed E-state index contributed by atoms with van der Waals surface area (Å²) in [6.45, 7) is -0.400. The van der Waals surface area contributed by atoms with Crippen molar-refractivity contribution in [3.05, 3.63) is 16.1 Å². The number of ether oxygens (including phenoxy) is 1. The summed E-state index contributed by atoms with van der Waals surface area (Å²) in [6.07, 6.45) is -4.05. The molecule has 0 radical (unpaired) electrons. The van der Waals surface area contributed by atoms with Crippen LogP contribution in [0.1, 0.15) is 21.6 Å². The number of hydrogen-bond donors (Lipinski definition) is 4. The van der Waals surface area contributed by atoms with E-state index in [1.807, 2.05) is 0 Å². The van der Waals surface area contributed by atoms with Crippen molar-refractivity contribution < 1.29 is 24.9 Å². The lowest BCUT2D eigenvalue weighted by Gasteiger charge is -2.11. The highest BCUT2D eigenvalue weighted by Gasteiger charge is 2.44. The maximum absolute atomic E-state index is 10.9. The van der Waals surface area contributed by atoms with E-state index in [9.17, 15) is 15.0 Å². The largest absolute Gasteiger partial charge is 0.394 e. The molecular formula is C9H12N2O5S. The minimum Gasteiger partial charge on any atom is -0.394 e. The average Bonchev–Trinajstić information content (AvgIpc) is 2.87.